The van der Waals surface area contributed by atoms with Gasteiger partial charge in [-0.15, -0.1) is 0 Å². The Kier molecular flexibility index (Phi) is 6.34. The molecule has 0 radical (unpaired) electrons. The average molecular weight is 270 g/mol. The smallest absolute Gasteiger partial charge is 0.314 e. The van der Waals surface area contributed by atoms with Crippen molar-refractivity contribution in [3.05, 3.63) is 12.2 Å². The van der Waals surface area contributed by atoms with Crippen LogP contribution in [0.25, 0.3) is 0 Å². The van der Waals surface area contributed by atoms with Gasteiger partial charge in [-0.3, -0.25) is 4.79 Å². The number of urea groups is 1. The lowest BCUT2D eigenvalue weighted by Gasteiger charge is -2.12. The SMILES string of the molecule is CCCC(CNC(=O)NCCc1ncon1)C(=O)O. The van der Waals surface area contributed by atoms with Crippen LogP contribution in [0.4, 0.5) is 4.79 Å². The quantitative estimate of drug-likeness (QED) is 0.630. The number of carbonyl (C=O) groups excluding carboxylic acids is 1. The topological polar surface area (TPSA) is 117 Å². The summed E-state index contributed by atoms with van der Waals surface area (Å²) in [6.45, 7) is 2.38. The van der Waals surface area contributed by atoms with Gasteiger partial charge in [-0.05, 0) is 6.42 Å². The number of carboxylic acids is 1. The van der Waals surface area contributed by atoms with Crippen molar-refractivity contribution in [3.8, 4) is 0 Å². The van der Waals surface area contributed by atoms with Crippen molar-refractivity contribution < 1.29 is 19.2 Å². The number of carboxylic acid groups (broad SMARTS) is 1. The first-order valence-electron chi connectivity index (χ1n) is 6.13. The fourth-order valence-corrected chi connectivity index (χ4v) is 1.53. The van der Waals surface area contributed by atoms with Gasteiger partial charge in [0.15, 0.2) is 5.82 Å². The second-order valence-corrected chi connectivity index (χ2v) is 4.06. The second kappa shape index (κ2) is 8.06. The predicted molar refractivity (Wildman–Crippen MR) is 65.4 cm³/mol. The third-order valence-corrected chi connectivity index (χ3v) is 2.54. The Bertz CT molecular complexity index is 393. The molecule has 0 spiro atoms. The summed E-state index contributed by atoms with van der Waals surface area (Å²) in [5.41, 5.74) is 0. The minimum Gasteiger partial charge on any atom is -0.481 e. The number of nitrogens with one attached hydrogen (secondary N) is 2. The molecule has 1 heterocycles. The normalized spacial score (nSPS) is 11.8. The van der Waals surface area contributed by atoms with E-state index in [1.165, 1.54) is 6.39 Å². The molecule has 0 saturated heterocycles. The number of aromatic nitrogens is 2. The number of nitrogens with zero attached hydrogens (tertiary/aromatic N) is 2. The molecular weight excluding hydrogens is 252 g/mol. The number of carbonyl (C=O) groups is 2. The molecule has 8 nitrogen and oxygen atoms in total. The van der Waals surface area contributed by atoms with Crippen LogP contribution in [0.3, 0.4) is 0 Å². The highest BCUT2D eigenvalue weighted by Crippen LogP contribution is 2.04. The molecule has 0 fully saturated rings. The van der Waals surface area contributed by atoms with Crippen LogP contribution in [0.15, 0.2) is 10.9 Å². The first-order valence-corrected chi connectivity index (χ1v) is 6.13. The highest BCUT2D eigenvalue weighted by Gasteiger charge is 2.16. The Morgan fingerprint density at radius 3 is 2.84 bits per heavy atom. The summed E-state index contributed by atoms with van der Waals surface area (Å²) in [4.78, 5) is 26.1. The van der Waals surface area contributed by atoms with Crippen LogP contribution < -0.4 is 10.6 Å². The molecule has 19 heavy (non-hydrogen) atoms. The summed E-state index contributed by atoms with van der Waals surface area (Å²) in [6, 6.07) is -0.397. The van der Waals surface area contributed by atoms with E-state index in [2.05, 4.69) is 25.3 Å². The lowest BCUT2D eigenvalue weighted by molar-refractivity contribution is -0.141. The molecule has 0 aliphatic carbocycles. The molecule has 0 saturated carbocycles. The largest absolute Gasteiger partial charge is 0.481 e. The fourth-order valence-electron chi connectivity index (χ4n) is 1.53. The van der Waals surface area contributed by atoms with Crippen molar-refractivity contribution in [3.63, 3.8) is 0 Å². The van der Waals surface area contributed by atoms with Gasteiger partial charge in [0.25, 0.3) is 0 Å². The van der Waals surface area contributed by atoms with Gasteiger partial charge in [-0.25, -0.2) is 4.79 Å². The van der Waals surface area contributed by atoms with Gasteiger partial charge < -0.3 is 20.3 Å². The first kappa shape index (κ1) is 14.9. The Balaban J connectivity index is 2.17. The molecule has 2 amide bonds. The van der Waals surface area contributed by atoms with Crippen molar-refractivity contribution in [1.82, 2.24) is 20.8 Å². The molecule has 0 aliphatic heterocycles. The zero-order valence-electron chi connectivity index (χ0n) is 10.8. The number of aliphatic carboxylic acids is 1. The third kappa shape index (κ3) is 5.84. The van der Waals surface area contributed by atoms with Crippen LogP contribution in [-0.2, 0) is 11.2 Å². The summed E-state index contributed by atoms with van der Waals surface area (Å²) in [7, 11) is 0. The lowest BCUT2D eigenvalue weighted by atomic mass is 10.0. The molecule has 1 aromatic heterocycles. The second-order valence-electron chi connectivity index (χ2n) is 4.06. The van der Waals surface area contributed by atoms with Gasteiger partial charge >= 0.3 is 12.0 Å². The van der Waals surface area contributed by atoms with Crippen molar-refractivity contribution in [2.24, 2.45) is 5.92 Å². The van der Waals surface area contributed by atoms with Gasteiger partial charge in [-0.1, -0.05) is 18.5 Å². The lowest BCUT2D eigenvalue weighted by Crippen LogP contribution is -2.40. The summed E-state index contributed by atoms with van der Waals surface area (Å²) < 4.78 is 4.55. The average Bonchev–Trinajstić information content (AvgIpc) is 2.87. The van der Waals surface area contributed by atoms with E-state index in [9.17, 15) is 9.59 Å². The maximum absolute atomic E-state index is 11.4. The van der Waals surface area contributed by atoms with Gasteiger partial charge in [0.05, 0.1) is 5.92 Å². The van der Waals surface area contributed by atoms with Gasteiger partial charge in [-0.2, -0.15) is 4.98 Å². The number of hydrogen-bond acceptors (Lipinski definition) is 5. The number of amides is 2. The predicted octanol–water partition coefficient (Wildman–Crippen LogP) is 0.412. The van der Waals surface area contributed by atoms with Gasteiger partial charge in [0.2, 0.25) is 6.39 Å². The van der Waals surface area contributed by atoms with Crippen LogP contribution in [-0.4, -0.2) is 40.3 Å². The highest BCUT2D eigenvalue weighted by atomic mass is 16.5. The highest BCUT2D eigenvalue weighted by molar-refractivity contribution is 5.75. The summed E-state index contributed by atoms with van der Waals surface area (Å²) >= 11 is 0. The summed E-state index contributed by atoms with van der Waals surface area (Å²) in [5.74, 6) is -0.934. The Labute approximate surface area is 110 Å². The van der Waals surface area contributed by atoms with Crippen LogP contribution in [0, 0.1) is 5.92 Å². The maximum Gasteiger partial charge on any atom is 0.314 e. The zero-order valence-corrected chi connectivity index (χ0v) is 10.8. The van der Waals surface area contributed by atoms with E-state index in [4.69, 9.17) is 5.11 Å². The molecule has 1 unspecified atom stereocenters. The molecule has 8 heteroatoms. The number of hydrogen-bond donors (Lipinski definition) is 3. The molecule has 106 valence electrons. The summed E-state index contributed by atoms with van der Waals surface area (Å²) in [5, 5.41) is 17.6. The molecule has 1 rings (SSSR count). The zero-order chi connectivity index (χ0) is 14.1. The minimum atomic E-state index is -0.894. The standard InChI is InChI=1S/C11H18N4O4/c1-2-3-8(10(16)17)6-13-11(18)12-5-4-9-14-7-19-15-9/h7-8H,2-6H2,1H3,(H,16,17)(H2,12,13,18). The van der Waals surface area contributed by atoms with E-state index in [1.54, 1.807) is 0 Å². The maximum atomic E-state index is 11.4. The van der Waals surface area contributed by atoms with Crippen molar-refractivity contribution in [1.29, 1.82) is 0 Å². The van der Waals surface area contributed by atoms with Crippen LogP contribution >= 0.6 is 0 Å². The Morgan fingerprint density at radius 2 is 2.26 bits per heavy atom. The summed E-state index contributed by atoms with van der Waals surface area (Å²) in [6.07, 6.45) is 2.98. The van der Waals surface area contributed by atoms with E-state index >= 15 is 0 Å². The van der Waals surface area contributed by atoms with Crippen LogP contribution in [0.1, 0.15) is 25.6 Å². The first-order chi connectivity index (χ1) is 9.13. The Morgan fingerprint density at radius 1 is 1.47 bits per heavy atom. The molecule has 1 aromatic rings. The molecule has 0 bridgehead atoms. The van der Waals surface area contributed by atoms with Crippen molar-refractivity contribution in [2.75, 3.05) is 13.1 Å². The van der Waals surface area contributed by atoms with E-state index in [0.717, 1.165) is 6.42 Å². The third-order valence-electron chi connectivity index (χ3n) is 2.54. The van der Waals surface area contributed by atoms with Crippen LogP contribution in [0.2, 0.25) is 0 Å². The van der Waals surface area contributed by atoms with Gasteiger partial charge in [0, 0.05) is 19.5 Å². The van der Waals surface area contributed by atoms with E-state index < -0.39 is 17.9 Å². The molecular formula is C11H18N4O4. The van der Waals surface area contributed by atoms with E-state index in [1.807, 2.05) is 6.92 Å². The van der Waals surface area contributed by atoms with Crippen molar-refractivity contribution in [2.45, 2.75) is 26.2 Å². The number of rotatable bonds is 8. The van der Waals surface area contributed by atoms with Gasteiger partial charge in [0.1, 0.15) is 0 Å². The molecule has 3 N–H and O–H groups in total. The molecule has 1 atom stereocenters. The monoisotopic (exact) mass is 270 g/mol. The molecule has 0 aromatic carbocycles. The molecule has 0 aliphatic rings. The van der Waals surface area contributed by atoms with E-state index in [0.29, 0.717) is 25.2 Å². The van der Waals surface area contributed by atoms with E-state index in [-0.39, 0.29) is 6.54 Å². The minimum absolute atomic E-state index is 0.122. The van der Waals surface area contributed by atoms with Crippen LogP contribution in [0.5, 0.6) is 0 Å². The Hall–Kier alpha value is -2.12. The van der Waals surface area contributed by atoms with Crippen molar-refractivity contribution >= 4 is 12.0 Å². The fraction of sp³-hybridized carbons (Fsp3) is 0.636.